The summed E-state index contributed by atoms with van der Waals surface area (Å²) < 4.78 is 34.9. The molecule has 422 valence electrons. The van der Waals surface area contributed by atoms with Crippen LogP contribution in [0.25, 0.3) is 16.7 Å². The first-order valence-electron chi connectivity index (χ1n) is 26.7. The maximum absolute atomic E-state index is 13.2. The van der Waals surface area contributed by atoms with Gasteiger partial charge in [0.15, 0.2) is 34.0 Å². The minimum Gasteiger partial charge on any atom is -0.454 e. The van der Waals surface area contributed by atoms with Crippen molar-refractivity contribution >= 4 is 52.1 Å². The lowest BCUT2D eigenvalue weighted by Gasteiger charge is -2.26. The molecule has 3 aliphatic heterocycles. The third kappa shape index (κ3) is 15.5. The van der Waals surface area contributed by atoms with Gasteiger partial charge < -0.3 is 59.1 Å². The Balaban J connectivity index is 1.12. The van der Waals surface area contributed by atoms with Gasteiger partial charge in [0.05, 0.1) is 0 Å². The van der Waals surface area contributed by atoms with Gasteiger partial charge in [0.2, 0.25) is 0 Å². The fourth-order valence-electron chi connectivity index (χ4n) is 9.09. The van der Waals surface area contributed by atoms with Crippen molar-refractivity contribution in [3.63, 3.8) is 0 Å². The number of alkyl carbamates (subject to hydrolysis) is 3. The molecule has 3 amide bonds. The Morgan fingerprint density at radius 1 is 0.427 bits per heavy atom. The van der Waals surface area contributed by atoms with Crippen molar-refractivity contribution in [2.24, 2.45) is 0 Å². The minimum atomic E-state index is -0.769. The topological polar surface area (TPSA) is 298 Å². The number of nitrogens with one attached hydrogen (secondary N) is 3. The largest absolute Gasteiger partial charge is 0.454 e. The Morgan fingerprint density at radius 3 is 0.915 bits per heavy atom. The number of fused-ring (bicyclic) bond motifs is 3. The molecule has 0 unspecified atom stereocenters. The summed E-state index contributed by atoms with van der Waals surface area (Å²) in [6, 6.07) is 27.8. The van der Waals surface area contributed by atoms with Crippen LogP contribution in [-0.2, 0) is 14.2 Å². The molecular formula is C60H63N13O9. The number of amides is 3. The number of benzene rings is 3. The highest BCUT2D eigenvalue weighted by molar-refractivity contribution is 5.82. The second-order valence-electron chi connectivity index (χ2n) is 18.1. The van der Waals surface area contributed by atoms with Crippen LogP contribution in [0, 0.1) is 68.0 Å². The van der Waals surface area contributed by atoms with E-state index in [4.69, 9.17) is 28.4 Å². The van der Waals surface area contributed by atoms with Crippen LogP contribution in [0.1, 0.15) is 58.2 Å². The van der Waals surface area contributed by atoms with E-state index in [9.17, 15) is 46.0 Å². The van der Waals surface area contributed by atoms with Crippen LogP contribution in [-0.4, -0.2) is 122 Å². The quantitative estimate of drug-likeness (QED) is 0.0560. The van der Waals surface area contributed by atoms with Gasteiger partial charge in [0, 0.05) is 147 Å². The van der Waals surface area contributed by atoms with Crippen LogP contribution >= 0.6 is 0 Å². The number of anilines is 3. The number of nitriles is 6. The highest BCUT2D eigenvalue weighted by Crippen LogP contribution is 2.40. The zero-order valence-corrected chi connectivity index (χ0v) is 46.7. The van der Waals surface area contributed by atoms with E-state index < -0.39 is 18.3 Å². The van der Waals surface area contributed by atoms with Crippen molar-refractivity contribution in [3.05, 3.63) is 124 Å². The monoisotopic (exact) mass is 1110 g/mol. The Kier molecular flexibility index (Phi) is 22.3. The smallest absolute Gasteiger partial charge is 0.407 e. The van der Waals surface area contributed by atoms with Crippen LogP contribution in [0.15, 0.2) is 107 Å². The number of nitrogens with zero attached hydrogens (tertiary/aromatic N) is 10. The molecule has 3 N–H and O–H groups in total. The molecule has 3 heterocycles. The first-order chi connectivity index (χ1) is 39.8. The molecule has 3 aromatic rings. The van der Waals surface area contributed by atoms with E-state index in [2.05, 4.69) is 30.7 Å². The molecule has 0 fully saturated rings. The minimum absolute atomic E-state index is 0.0250. The first kappa shape index (κ1) is 60.8. The number of carbonyl (C=O) groups excluding carboxylic acids is 3. The number of carbonyl (C=O) groups is 3. The van der Waals surface area contributed by atoms with Crippen LogP contribution in [0.2, 0.25) is 0 Å². The van der Waals surface area contributed by atoms with E-state index in [1.165, 1.54) is 18.2 Å². The molecule has 0 saturated heterocycles. The summed E-state index contributed by atoms with van der Waals surface area (Å²) in [4.78, 5) is 47.9. The number of hydrogen-bond acceptors (Lipinski definition) is 19. The maximum Gasteiger partial charge on any atom is 0.407 e. The SMILES string of the molecule is CCN(CC)c1ccc2c(c1)OC(=C(C#N)C#N)C=C2COC(=O)NCCN(CCNC(=O)OCC1=CC(=C(C#N)C#N)Oc2cc(N(CC)CC)ccc21)CCNC(=O)OCC1=CC(=C(C#N)C#N)Oc2cc(N(CC)CC)ccc21. The number of allylic oxidation sites excluding steroid dienone is 6. The van der Waals surface area contributed by atoms with Crippen LogP contribution in [0.3, 0.4) is 0 Å². The van der Waals surface area contributed by atoms with E-state index in [0.717, 1.165) is 56.3 Å². The predicted molar refractivity (Wildman–Crippen MR) is 305 cm³/mol. The first-order valence-corrected chi connectivity index (χ1v) is 26.7. The molecule has 0 saturated carbocycles. The van der Waals surface area contributed by atoms with E-state index >= 15 is 0 Å². The number of rotatable bonds is 24. The van der Waals surface area contributed by atoms with Gasteiger partial charge in [-0.05, 0) is 96.2 Å². The summed E-state index contributed by atoms with van der Waals surface area (Å²) in [6.45, 7) is 16.6. The normalized spacial score (nSPS) is 12.4. The highest BCUT2D eigenvalue weighted by atomic mass is 16.6. The van der Waals surface area contributed by atoms with Gasteiger partial charge in [-0.2, -0.15) is 31.6 Å². The molecule has 22 heteroatoms. The van der Waals surface area contributed by atoms with Crippen molar-refractivity contribution in [1.82, 2.24) is 20.9 Å². The molecule has 82 heavy (non-hydrogen) atoms. The van der Waals surface area contributed by atoms with Gasteiger partial charge in [-0.1, -0.05) is 0 Å². The lowest BCUT2D eigenvalue weighted by atomic mass is 10.00. The molecule has 3 aromatic carbocycles. The molecule has 3 aliphatic rings. The third-order valence-electron chi connectivity index (χ3n) is 13.5. The van der Waals surface area contributed by atoms with Gasteiger partial charge in [0.25, 0.3) is 0 Å². The fraction of sp³-hybridized carbons (Fsp3) is 0.350. The summed E-state index contributed by atoms with van der Waals surface area (Å²) in [5.41, 5.74) is 5.21. The van der Waals surface area contributed by atoms with E-state index in [1.54, 1.807) is 0 Å². The second kappa shape index (κ2) is 30.1. The van der Waals surface area contributed by atoms with Crippen molar-refractivity contribution in [1.29, 1.82) is 31.6 Å². The van der Waals surface area contributed by atoms with Gasteiger partial charge in [0.1, 0.15) is 73.5 Å². The van der Waals surface area contributed by atoms with E-state index in [-0.39, 0.29) is 93.1 Å². The van der Waals surface area contributed by atoms with E-state index in [0.29, 0.717) is 50.7 Å². The van der Waals surface area contributed by atoms with Crippen molar-refractivity contribution in [2.45, 2.75) is 41.5 Å². The molecule has 0 atom stereocenters. The Bertz CT molecular complexity index is 2960. The van der Waals surface area contributed by atoms with Crippen LogP contribution in [0.4, 0.5) is 31.4 Å². The van der Waals surface area contributed by atoms with Crippen molar-refractivity contribution in [2.75, 3.05) is 113 Å². The average Bonchev–Trinajstić information content (AvgIpc) is 3.35. The number of hydrogen-bond donors (Lipinski definition) is 3. The summed E-state index contributed by atoms with van der Waals surface area (Å²) in [5.74, 6) is 1.26. The second-order valence-corrected chi connectivity index (χ2v) is 18.1. The summed E-state index contributed by atoms with van der Waals surface area (Å²) in [6.07, 6.45) is 2.19. The molecule has 0 aliphatic carbocycles. The molecule has 22 nitrogen and oxygen atoms in total. The van der Waals surface area contributed by atoms with Gasteiger partial charge in [-0.15, -0.1) is 0 Å². The predicted octanol–water partition coefficient (Wildman–Crippen LogP) is 8.34. The standard InChI is InChI=1S/C60H63N13O9/c1-7-71(8-2)46-13-16-49-40(25-52(43(31-61)32-62)80-55(49)28-46)37-77-58(74)67-19-22-70(23-20-68-59(75)78-38-41-26-53(44(33-63)34-64)81-56-29-47(14-17-50(41)56)72(9-3)10-4)24-21-69-60(76)79-39-42-27-54(45(35-65)36-66)82-57-30-48(15-18-51(42)57)73(11-5)12-6/h13-18,25-30H,7-12,19-24,37-39H2,1-6H3,(H,67,74)(H,68,75)(H,69,76). The lowest BCUT2D eigenvalue weighted by molar-refractivity contribution is 0.154. The molecule has 0 spiro atoms. The van der Waals surface area contributed by atoms with E-state index in [1.807, 2.05) is 137 Å². The Morgan fingerprint density at radius 2 is 0.683 bits per heavy atom. The molecule has 6 rings (SSSR count). The zero-order valence-electron chi connectivity index (χ0n) is 46.7. The fourth-order valence-corrected chi connectivity index (χ4v) is 9.09. The van der Waals surface area contributed by atoms with Crippen molar-refractivity contribution in [3.8, 4) is 53.7 Å². The summed E-state index contributed by atoms with van der Waals surface area (Å²) in [5, 5.41) is 66.1. The molecule has 0 aromatic heterocycles. The summed E-state index contributed by atoms with van der Waals surface area (Å²) >= 11 is 0. The van der Waals surface area contributed by atoms with Gasteiger partial charge in [-0.3, -0.25) is 4.90 Å². The van der Waals surface area contributed by atoms with Crippen LogP contribution in [0.5, 0.6) is 17.2 Å². The van der Waals surface area contributed by atoms with Crippen molar-refractivity contribution < 1.29 is 42.8 Å². The number of ether oxygens (including phenoxy) is 6. The molecular weight excluding hydrogens is 1050 g/mol. The average molecular weight is 1110 g/mol. The van der Waals surface area contributed by atoms with Gasteiger partial charge in [-0.25, -0.2) is 14.4 Å². The maximum atomic E-state index is 13.2. The Labute approximate surface area is 477 Å². The lowest BCUT2D eigenvalue weighted by Crippen LogP contribution is -2.43. The van der Waals surface area contributed by atoms with Crippen LogP contribution < -0.4 is 44.9 Å². The van der Waals surface area contributed by atoms with Gasteiger partial charge >= 0.3 is 18.3 Å². The Hall–Kier alpha value is -10.4. The zero-order chi connectivity index (χ0) is 59.1. The highest BCUT2D eigenvalue weighted by Gasteiger charge is 2.26. The summed E-state index contributed by atoms with van der Waals surface area (Å²) in [7, 11) is 0. The molecule has 0 radical (unpaired) electrons. The third-order valence-corrected chi connectivity index (χ3v) is 13.5. The molecule has 0 bridgehead atoms.